The molecule has 1 rings (SSSR count). The fourth-order valence-corrected chi connectivity index (χ4v) is 2.76. The Morgan fingerprint density at radius 2 is 2.20 bits per heavy atom. The molecule has 61 valence electrons. The van der Waals surface area contributed by atoms with Crippen LogP contribution in [-0.4, -0.2) is 32.3 Å². The second-order valence-electron chi connectivity index (χ2n) is 2.47. The Labute approximate surface area is 63.5 Å². The van der Waals surface area contributed by atoms with E-state index < -0.39 is 10.8 Å². The molecule has 1 aliphatic heterocycles. The summed E-state index contributed by atoms with van der Waals surface area (Å²) in [5.74, 6) is 0.549. The molecule has 1 heterocycles. The first-order valence-corrected chi connectivity index (χ1v) is 5.14. The third kappa shape index (κ3) is 1.63. The van der Waals surface area contributed by atoms with Gasteiger partial charge < -0.3 is 0 Å². The highest BCUT2D eigenvalue weighted by Crippen LogP contribution is 2.48. The molecule has 0 aromatic rings. The summed E-state index contributed by atoms with van der Waals surface area (Å²) in [5, 5.41) is 0. The van der Waals surface area contributed by atoms with Crippen molar-refractivity contribution in [1.29, 1.82) is 0 Å². The van der Waals surface area contributed by atoms with Crippen molar-refractivity contribution in [2.75, 3.05) is 18.8 Å². The van der Waals surface area contributed by atoms with Crippen LogP contribution in [0.4, 0.5) is 0 Å². The molecule has 0 unspecified atom stereocenters. The highest BCUT2D eigenvalue weighted by atomic mass is 32.3. The zero-order valence-corrected chi connectivity index (χ0v) is 6.81. The standard InChI is InChI=1S/C6H14NO2S/c1-2-4-7-5-3-6-10(7,8)9/h8-9H,1-6H2. The van der Waals surface area contributed by atoms with Crippen molar-refractivity contribution < 1.29 is 9.11 Å². The molecule has 0 bridgehead atoms. The molecular formula is C6H14NO2S. The van der Waals surface area contributed by atoms with E-state index in [-0.39, 0.29) is 0 Å². The molecule has 0 saturated carbocycles. The van der Waals surface area contributed by atoms with Crippen molar-refractivity contribution in [1.82, 2.24) is 4.31 Å². The zero-order chi connectivity index (χ0) is 7.61. The van der Waals surface area contributed by atoms with E-state index in [1.165, 1.54) is 0 Å². The van der Waals surface area contributed by atoms with Crippen LogP contribution in [0.15, 0.2) is 0 Å². The lowest BCUT2D eigenvalue weighted by Gasteiger charge is -2.36. The van der Waals surface area contributed by atoms with E-state index in [0.717, 1.165) is 19.4 Å². The van der Waals surface area contributed by atoms with Gasteiger partial charge in [0.2, 0.25) is 0 Å². The maximum atomic E-state index is 9.32. The van der Waals surface area contributed by atoms with Gasteiger partial charge in [-0.2, -0.15) is 0 Å². The molecule has 4 heteroatoms. The van der Waals surface area contributed by atoms with Gasteiger partial charge in [-0.05, 0) is 12.8 Å². The number of hydrogen-bond donors (Lipinski definition) is 2. The summed E-state index contributed by atoms with van der Waals surface area (Å²) in [5.41, 5.74) is 0. The SMILES string of the molecule is [CH2]CCN1CCCS1(O)O. The van der Waals surface area contributed by atoms with Gasteiger partial charge in [0.25, 0.3) is 0 Å². The molecule has 1 fully saturated rings. The minimum absolute atomic E-state index is 0.549. The second-order valence-corrected chi connectivity index (χ2v) is 4.66. The average molecular weight is 164 g/mol. The number of nitrogens with zero attached hydrogens (tertiary/aromatic N) is 1. The fourth-order valence-electron chi connectivity index (χ4n) is 1.14. The first kappa shape index (κ1) is 8.33. The van der Waals surface area contributed by atoms with Gasteiger partial charge in [0.05, 0.1) is 5.75 Å². The third-order valence-electron chi connectivity index (χ3n) is 1.65. The summed E-state index contributed by atoms with van der Waals surface area (Å²) in [6.45, 7) is 5.19. The summed E-state index contributed by atoms with van der Waals surface area (Å²) < 4.78 is 20.4. The first-order valence-electron chi connectivity index (χ1n) is 3.47. The molecule has 0 spiro atoms. The lowest BCUT2D eigenvalue weighted by molar-refractivity contribution is 0.381. The summed E-state index contributed by atoms with van der Waals surface area (Å²) >= 11 is 0. The van der Waals surface area contributed by atoms with E-state index in [2.05, 4.69) is 6.92 Å². The van der Waals surface area contributed by atoms with Gasteiger partial charge >= 0.3 is 0 Å². The van der Waals surface area contributed by atoms with E-state index in [9.17, 15) is 9.11 Å². The van der Waals surface area contributed by atoms with Crippen molar-refractivity contribution in [3.8, 4) is 0 Å². The summed E-state index contributed by atoms with van der Waals surface area (Å²) in [4.78, 5) is 0. The smallest absolute Gasteiger partial charge is 0.0543 e. The summed E-state index contributed by atoms with van der Waals surface area (Å²) in [6.07, 6.45) is 1.65. The molecular weight excluding hydrogens is 150 g/mol. The topological polar surface area (TPSA) is 43.7 Å². The lowest BCUT2D eigenvalue weighted by Crippen LogP contribution is -2.23. The van der Waals surface area contributed by atoms with E-state index >= 15 is 0 Å². The third-order valence-corrected chi connectivity index (χ3v) is 3.68. The van der Waals surface area contributed by atoms with Gasteiger partial charge in [-0.15, -0.1) is 10.8 Å². The van der Waals surface area contributed by atoms with Crippen molar-refractivity contribution in [3.05, 3.63) is 6.92 Å². The van der Waals surface area contributed by atoms with Gasteiger partial charge in [-0.1, -0.05) is 6.92 Å². The largest absolute Gasteiger partial charge is 0.285 e. The molecule has 2 N–H and O–H groups in total. The normalized spacial score (nSPS) is 28.7. The Morgan fingerprint density at radius 1 is 1.50 bits per heavy atom. The van der Waals surface area contributed by atoms with Crippen molar-refractivity contribution in [3.63, 3.8) is 0 Å². The quantitative estimate of drug-likeness (QED) is 0.651. The van der Waals surface area contributed by atoms with Crippen LogP contribution in [0.2, 0.25) is 0 Å². The molecule has 0 aromatic heterocycles. The summed E-state index contributed by atoms with van der Waals surface area (Å²) in [7, 11) is -2.36. The molecule has 1 aliphatic rings. The Balaban J connectivity index is 2.43. The molecule has 0 aliphatic carbocycles. The monoisotopic (exact) mass is 164 g/mol. The number of rotatable bonds is 2. The van der Waals surface area contributed by atoms with E-state index in [1.54, 1.807) is 4.31 Å². The Bertz CT molecular complexity index is 118. The van der Waals surface area contributed by atoms with Gasteiger partial charge in [0, 0.05) is 13.1 Å². The van der Waals surface area contributed by atoms with E-state index in [0.29, 0.717) is 12.3 Å². The van der Waals surface area contributed by atoms with Gasteiger partial charge in [-0.3, -0.25) is 9.11 Å². The summed E-state index contributed by atoms with van der Waals surface area (Å²) in [6, 6.07) is 0. The molecule has 10 heavy (non-hydrogen) atoms. The van der Waals surface area contributed by atoms with Crippen LogP contribution < -0.4 is 0 Å². The Hall–Kier alpha value is 0.230. The number of hydrogen-bond acceptors (Lipinski definition) is 3. The maximum absolute atomic E-state index is 9.32. The predicted molar refractivity (Wildman–Crippen MR) is 43.9 cm³/mol. The van der Waals surface area contributed by atoms with Crippen LogP contribution in [0.5, 0.6) is 0 Å². The van der Waals surface area contributed by atoms with Crippen molar-refractivity contribution >= 4 is 10.8 Å². The van der Waals surface area contributed by atoms with Crippen molar-refractivity contribution in [2.24, 2.45) is 0 Å². The van der Waals surface area contributed by atoms with Crippen LogP contribution >= 0.6 is 10.8 Å². The van der Waals surface area contributed by atoms with Crippen LogP contribution in [0, 0.1) is 6.92 Å². The highest BCUT2D eigenvalue weighted by Gasteiger charge is 2.27. The van der Waals surface area contributed by atoms with E-state index in [4.69, 9.17) is 0 Å². The molecule has 0 aromatic carbocycles. The molecule has 0 atom stereocenters. The minimum Gasteiger partial charge on any atom is -0.285 e. The van der Waals surface area contributed by atoms with Crippen molar-refractivity contribution in [2.45, 2.75) is 12.8 Å². The van der Waals surface area contributed by atoms with Crippen LogP contribution in [0.1, 0.15) is 12.8 Å². The zero-order valence-electron chi connectivity index (χ0n) is 5.99. The fraction of sp³-hybridized carbons (Fsp3) is 0.833. The van der Waals surface area contributed by atoms with Crippen LogP contribution in [-0.2, 0) is 0 Å². The minimum atomic E-state index is -2.36. The molecule has 1 saturated heterocycles. The second kappa shape index (κ2) is 3.09. The molecule has 0 amide bonds. The lowest BCUT2D eigenvalue weighted by atomic mass is 10.4. The van der Waals surface area contributed by atoms with Gasteiger partial charge in [0.15, 0.2) is 0 Å². The Kier molecular flexibility index (Phi) is 2.57. The average Bonchev–Trinajstić information content (AvgIpc) is 2.13. The van der Waals surface area contributed by atoms with Crippen LogP contribution in [0.3, 0.4) is 0 Å². The maximum Gasteiger partial charge on any atom is 0.0543 e. The highest BCUT2D eigenvalue weighted by molar-refractivity contribution is 8.22. The molecule has 1 radical (unpaired) electrons. The van der Waals surface area contributed by atoms with Gasteiger partial charge in [-0.25, -0.2) is 4.31 Å². The van der Waals surface area contributed by atoms with E-state index in [1.807, 2.05) is 0 Å². The first-order chi connectivity index (χ1) is 4.67. The Morgan fingerprint density at radius 3 is 2.60 bits per heavy atom. The van der Waals surface area contributed by atoms with Crippen LogP contribution in [0.25, 0.3) is 0 Å². The van der Waals surface area contributed by atoms with Gasteiger partial charge in [0.1, 0.15) is 0 Å². The molecule has 3 nitrogen and oxygen atoms in total. The predicted octanol–water partition coefficient (Wildman–Crippen LogP) is 1.58.